The number of nitrogens with zero attached hydrogens (tertiary/aromatic N) is 2. The Bertz CT molecular complexity index is 1860. The fourth-order valence-electron chi connectivity index (χ4n) is 7.17. The highest BCUT2D eigenvalue weighted by atomic mass is 32.1. The number of ether oxygens (including phenoxy) is 2. The molecule has 11 nitrogen and oxygen atoms in total. The van der Waals surface area contributed by atoms with Gasteiger partial charge in [0.25, 0.3) is 11.8 Å². The molecule has 13 heteroatoms. The molecular formula is C44H63N3O8SSi. The van der Waals surface area contributed by atoms with Crippen LogP contribution in [-0.4, -0.2) is 73.2 Å². The van der Waals surface area contributed by atoms with Gasteiger partial charge in [-0.2, -0.15) is 0 Å². The summed E-state index contributed by atoms with van der Waals surface area (Å²) in [7, 11) is -2.56. The molecule has 0 fully saturated rings. The van der Waals surface area contributed by atoms with Crippen molar-refractivity contribution in [3.05, 3.63) is 65.2 Å². The summed E-state index contributed by atoms with van der Waals surface area (Å²) >= 11 is 1.62. The van der Waals surface area contributed by atoms with E-state index in [0.717, 1.165) is 44.1 Å². The van der Waals surface area contributed by atoms with Crippen LogP contribution in [0.25, 0.3) is 10.2 Å². The molecule has 0 radical (unpaired) electrons. The number of Topliss-reactive ketones (excluding diaryl/α,β-unsaturated/α-hetero) is 1. The molecule has 2 aromatic rings. The largest absolute Gasteiger partial charge is 0.457 e. The van der Waals surface area contributed by atoms with Crippen molar-refractivity contribution in [2.45, 2.75) is 137 Å². The Morgan fingerprint density at radius 3 is 2.47 bits per heavy atom. The minimum Gasteiger partial charge on any atom is -0.457 e. The second-order valence-electron chi connectivity index (χ2n) is 17.7. The summed E-state index contributed by atoms with van der Waals surface area (Å²) in [5.41, 5.74) is 1.66. The summed E-state index contributed by atoms with van der Waals surface area (Å²) in [4.78, 5) is 72.4. The van der Waals surface area contributed by atoms with Crippen molar-refractivity contribution in [1.82, 2.24) is 15.2 Å². The number of aromatic nitrogens is 1. The lowest BCUT2D eigenvalue weighted by Gasteiger charge is -2.45. The average Bonchev–Trinajstić information content (AvgIpc) is 3.66. The number of amides is 3. The highest BCUT2D eigenvalue weighted by molar-refractivity contribution is 7.18. The number of ketones is 1. The van der Waals surface area contributed by atoms with Crippen LogP contribution in [0.3, 0.4) is 0 Å². The Hall–Kier alpha value is -3.94. The van der Waals surface area contributed by atoms with E-state index in [9.17, 15) is 19.2 Å². The highest BCUT2D eigenvalue weighted by Crippen LogP contribution is 2.43. The zero-order chi connectivity index (χ0) is 42.3. The highest BCUT2D eigenvalue weighted by Gasteiger charge is 2.50. The number of carbonyl (C=O) groups is 5. The van der Waals surface area contributed by atoms with E-state index < -0.39 is 50.0 Å². The fraction of sp³-hybridized carbons (Fsp3) is 0.591. The first-order valence-corrected chi connectivity index (χ1v) is 23.9. The Balaban J connectivity index is 1.68. The second-order valence-corrected chi connectivity index (χ2v) is 23.7. The number of alkyl carbamates (subject to hydrolysis) is 1. The topological polar surface area (TPSA) is 141 Å². The molecule has 2 aliphatic rings. The predicted octanol–water partition coefficient (Wildman–Crippen LogP) is 9.32. The molecule has 0 aliphatic carbocycles. The Morgan fingerprint density at radius 1 is 1.14 bits per heavy atom. The number of hydrogen-bond acceptors (Lipinski definition) is 10. The van der Waals surface area contributed by atoms with Crippen LogP contribution in [0.15, 0.2) is 54.7 Å². The third-order valence-corrected chi connectivity index (χ3v) is 17.2. The molecule has 3 amide bonds. The lowest BCUT2D eigenvalue weighted by Crippen LogP contribution is -2.53. The Kier molecular flexibility index (Phi) is 15.4. The van der Waals surface area contributed by atoms with E-state index in [0.29, 0.717) is 19.3 Å². The molecule has 0 spiro atoms. The third kappa shape index (κ3) is 11.8. The summed E-state index contributed by atoms with van der Waals surface area (Å²) < 4.78 is 20.6. The van der Waals surface area contributed by atoms with E-state index in [2.05, 4.69) is 63.7 Å². The molecule has 3 heterocycles. The number of carbonyl (C=O) groups excluding carboxylic acids is 5. The molecule has 0 unspecified atom stereocenters. The van der Waals surface area contributed by atoms with Crippen molar-refractivity contribution in [2.24, 2.45) is 17.3 Å². The first-order valence-electron chi connectivity index (χ1n) is 20.2. The zero-order valence-electron chi connectivity index (χ0n) is 35.6. The van der Waals surface area contributed by atoms with Crippen LogP contribution >= 0.6 is 11.3 Å². The van der Waals surface area contributed by atoms with Crippen molar-refractivity contribution in [3.8, 4) is 0 Å². The monoisotopic (exact) mass is 821 g/mol. The smallest absolute Gasteiger partial charge is 0.407 e. The lowest BCUT2D eigenvalue weighted by molar-refractivity contribution is -0.155. The van der Waals surface area contributed by atoms with Gasteiger partial charge in [-0.3, -0.25) is 24.1 Å². The van der Waals surface area contributed by atoms with E-state index in [-0.39, 0.29) is 54.5 Å². The van der Waals surface area contributed by atoms with Crippen LogP contribution in [0.1, 0.15) is 110 Å². The third-order valence-electron chi connectivity index (χ3n) is 11.8. The van der Waals surface area contributed by atoms with E-state index in [1.165, 1.54) is 12.2 Å². The number of allylic oxidation sites excluding steroid dienone is 2. The van der Waals surface area contributed by atoms with Gasteiger partial charge < -0.3 is 19.2 Å². The Morgan fingerprint density at radius 2 is 1.82 bits per heavy atom. The molecule has 312 valence electrons. The van der Waals surface area contributed by atoms with Gasteiger partial charge in [0.2, 0.25) is 0 Å². The number of rotatable bonds is 10. The molecule has 1 aromatic carbocycles. The first kappa shape index (κ1) is 45.8. The number of thiazole rings is 1. The average molecular weight is 822 g/mol. The number of nitrogens with one attached hydrogen (secondary N) is 1. The molecule has 0 saturated heterocycles. The molecule has 0 bridgehead atoms. The van der Waals surface area contributed by atoms with Gasteiger partial charge in [-0.25, -0.2) is 9.78 Å². The van der Waals surface area contributed by atoms with Gasteiger partial charge in [-0.15, -0.1) is 17.9 Å². The van der Waals surface area contributed by atoms with Crippen LogP contribution in [0.4, 0.5) is 4.79 Å². The minimum absolute atomic E-state index is 0.150. The summed E-state index contributed by atoms with van der Waals surface area (Å²) in [6, 6.07) is 6.03. The quantitative estimate of drug-likeness (QED) is 0.0816. The van der Waals surface area contributed by atoms with Gasteiger partial charge in [-0.1, -0.05) is 65.3 Å². The van der Waals surface area contributed by atoms with Gasteiger partial charge in [0.05, 0.1) is 33.7 Å². The molecule has 5 atom stereocenters. The van der Waals surface area contributed by atoms with Crippen LogP contribution in [0, 0.1) is 24.2 Å². The second kappa shape index (κ2) is 19.2. The number of cyclic esters (lactones) is 1. The maximum Gasteiger partial charge on any atom is 0.407 e. The molecular weight excluding hydrogens is 759 g/mol. The Labute approximate surface area is 343 Å². The van der Waals surface area contributed by atoms with Gasteiger partial charge in [0.15, 0.2) is 8.32 Å². The summed E-state index contributed by atoms with van der Waals surface area (Å²) in [5.74, 6) is -2.41. The normalized spacial score (nSPS) is 24.4. The van der Waals surface area contributed by atoms with Gasteiger partial charge in [0.1, 0.15) is 18.0 Å². The van der Waals surface area contributed by atoms with Crippen LogP contribution in [0.5, 0.6) is 0 Å². The van der Waals surface area contributed by atoms with Crippen LogP contribution < -0.4 is 5.32 Å². The van der Waals surface area contributed by atoms with Gasteiger partial charge in [-0.05, 0) is 87.7 Å². The number of fused-ring (bicyclic) bond motifs is 1. The van der Waals surface area contributed by atoms with Crippen molar-refractivity contribution in [3.63, 3.8) is 0 Å². The standard InChI is InChI=1S/C44H63N3O8SSi/c1-12-15-32-40(54-42(52)45-24-14-25-47-37(48)22-23-38(47)49)29(3)17-13-16-28(2)18-20-34(31-19-21-35-33(26-31)46-30(4)56-35)53-39(50)27-36(44(8,9)41(32)51)55-57(10,11)43(5,6)7/h12,18-19,21-23,26,29,32,34,36,40H,1,13-17,20,24-25,27H2,2-11H3,(H,45,52)/t29-,32+,34-,36-,40-/m0/s1. The van der Waals surface area contributed by atoms with Crippen LogP contribution in [0.2, 0.25) is 18.1 Å². The maximum absolute atomic E-state index is 15.1. The molecule has 57 heavy (non-hydrogen) atoms. The zero-order valence-corrected chi connectivity index (χ0v) is 37.4. The lowest BCUT2D eigenvalue weighted by atomic mass is 9.71. The molecule has 1 N–H and O–H groups in total. The van der Waals surface area contributed by atoms with Crippen molar-refractivity contribution in [1.29, 1.82) is 0 Å². The van der Waals surface area contributed by atoms with E-state index in [1.807, 2.05) is 45.9 Å². The number of imide groups is 1. The number of esters is 1. The minimum atomic E-state index is -2.56. The van der Waals surface area contributed by atoms with Crippen molar-refractivity contribution in [2.75, 3.05) is 13.1 Å². The SMILES string of the molecule is C=CC[C@H]1C(=O)C(C)(C)[C@@H](O[Si](C)(C)C(C)(C)C)CC(=O)O[C@H](c2ccc3sc(C)nc3c2)CC=C(C)CCC[C@H](C)[C@@H]1OC(=O)NCCCN1C(=O)C=CC1=O. The summed E-state index contributed by atoms with van der Waals surface area (Å²) in [6.07, 6.45) is 6.49. The summed E-state index contributed by atoms with van der Waals surface area (Å²) in [6.45, 7) is 24.5. The fourth-order valence-corrected chi connectivity index (χ4v) is 9.42. The predicted molar refractivity (Wildman–Crippen MR) is 227 cm³/mol. The molecule has 4 rings (SSSR count). The van der Waals surface area contributed by atoms with Crippen molar-refractivity contribution >= 4 is 59.5 Å². The number of benzene rings is 1. The van der Waals surface area contributed by atoms with E-state index in [1.54, 1.807) is 17.4 Å². The molecule has 0 saturated carbocycles. The van der Waals surface area contributed by atoms with Crippen LogP contribution in [-0.2, 0) is 33.1 Å². The molecule has 1 aromatic heterocycles. The number of hydrogen-bond donors (Lipinski definition) is 1. The van der Waals surface area contributed by atoms with Gasteiger partial charge >= 0.3 is 12.1 Å². The molecule has 2 aliphatic heterocycles. The van der Waals surface area contributed by atoms with E-state index >= 15 is 4.79 Å². The summed E-state index contributed by atoms with van der Waals surface area (Å²) in [5, 5.41) is 3.50. The van der Waals surface area contributed by atoms with E-state index in [4.69, 9.17) is 13.9 Å². The van der Waals surface area contributed by atoms with Gasteiger partial charge in [0, 0.05) is 37.1 Å². The maximum atomic E-state index is 15.1. The van der Waals surface area contributed by atoms with Crippen molar-refractivity contribution < 1.29 is 37.9 Å². The number of aryl methyl sites for hydroxylation is 1. The first-order chi connectivity index (χ1) is 26.6.